The Bertz CT molecular complexity index is 773. The van der Waals surface area contributed by atoms with Gasteiger partial charge in [0.1, 0.15) is 4.70 Å². The molecule has 1 atom stereocenters. The van der Waals surface area contributed by atoms with E-state index in [2.05, 4.69) is 4.98 Å². The second-order valence-corrected chi connectivity index (χ2v) is 7.72. The van der Waals surface area contributed by atoms with Gasteiger partial charge in [0.25, 0.3) is 5.56 Å². The average molecular weight is 284 g/mol. The van der Waals surface area contributed by atoms with Gasteiger partial charge in [-0.2, -0.15) is 0 Å². The van der Waals surface area contributed by atoms with Crippen LogP contribution in [0.15, 0.2) is 16.5 Å². The fourth-order valence-electron chi connectivity index (χ4n) is 2.29. The molecule has 1 unspecified atom stereocenters. The SMILES string of the molecule is Cc1csc2c(=O)n(C3CCS(=O)(=O)C3)cnc12. The Morgan fingerprint density at radius 3 is 2.94 bits per heavy atom. The summed E-state index contributed by atoms with van der Waals surface area (Å²) < 4.78 is 25.0. The van der Waals surface area contributed by atoms with Crippen LogP contribution in [0, 0.1) is 6.92 Å². The fourth-order valence-corrected chi connectivity index (χ4v) is 4.94. The maximum Gasteiger partial charge on any atom is 0.271 e. The number of rotatable bonds is 1. The summed E-state index contributed by atoms with van der Waals surface area (Å²) >= 11 is 1.37. The van der Waals surface area contributed by atoms with Gasteiger partial charge in [-0.1, -0.05) is 0 Å². The predicted octanol–water partition coefficient (Wildman–Crippen LogP) is 1.13. The first kappa shape index (κ1) is 11.9. The van der Waals surface area contributed by atoms with Crippen molar-refractivity contribution < 1.29 is 8.42 Å². The summed E-state index contributed by atoms with van der Waals surface area (Å²) in [6, 6.07) is -0.262. The molecular weight excluding hydrogens is 272 g/mol. The van der Waals surface area contributed by atoms with Gasteiger partial charge in [0.2, 0.25) is 0 Å². The highest BCUT2D eigenvalue weighted by atomic mass is 32.2. The quantitative estimate of drug-likeness (QED) is 0.787. The number of nitrogens with zero attached hydrogens (tertiary/aromatic N) is 2. The van der Waals surface area contributed by atoms with Crippen LogP contribution in [0.25, 0.3) is 10.2 Å². The summed E-state index contributed by atoms with van der Waals surface area (Å²) in [4.78, 5) is 16.6. The number of hydrogen-bond acceptors (Lipinski definition) is 5. The molecule has 96 valence electrons. The third-order valence-corrected chi connectivity index (χ3v) is 6.11. The van der Waals surface area contributed by atoms with Crippen molar-refractivity contribution in [2.75, 3.05) is 11.5 Å². The molecular formula is C11H12N2O3S2. The summed E-state index contributed by atoms with van der Waals surface area (Å²) in [5.74, 6) is 0.204. The van der Waals surface area contributed by atoms with Crippen molar-refractivity contribution in [1.29, 1.82) is 0 Å². The topological polar surface area (TPSA) is 69.0 Å². The van der Waals surface area contributed by atoms with Crippen molar-refractivity contribution >= 4 is 31.4 Å². The second-order valence-electron chi connectivity index (χ2n) is 4.61. The predicted molar refractivity (Wildman–Crippen MR) is 70.9 cm³/mol. The van der Waals surface area contributed by atoms with Crippen LogP contribution >= 0.6 is 11.3 Å². The molecule has 5 nitrogen and oxygen atoms in total. The van der Waals surface area contributed by atoms with Gasteiger partial charge in [0.05, 0.1) is 29.4 Å². The molecule has 0 spiro atoms. The molecule has 1 fully saturated rings. The minimum atomic E-state index is -2.99. The van der Waals surface area contributed by atoms with E-state index >= 15 is 0 Å². The van der Waals surface area contributed by atoms with Crippen molar-refractivity contribution in [3.63, 3.8) is 0 Å². The third kappa shape index (κ3) is 1.78. The molecule has 3 rings (SSSR count). The van der Waals surface area contributed by atoms with Gasteiger partial charge in [-0.15, -0.1) is 11.3 Å². The Morgan fingerprint density at radius 1 is 1.50 bits per heavy atom. The maximum atomic E-state index is 12.3. The number of sulfone groups is 1. The molecule has 0 radical (unpaired) electrons. The molecule has 0 aromatic carbocycles. The minimum absolute atomic E-state index is 0.0461. The zero-order valence-corrected chi connectivity index (χ0v) is 11.4. The van der Waals surface area contributed by atoms with Crippen LogP contribution < -0.4 is 5.56 Å². The van der Waals surface area contributed by atoms with Crippen molar-refractivity contribution in [3.05, 3.63) is 27.6 Å². The van der Waals surface area contributed by atoms with E-state index in [0.717, 1.165) is 11.1 Å². The van der Waals surface area contributed by atoms with Gasteiger partial charge in [0.15, 0.2) is 9.84 Å². The van der Waals surface area contributed by atoms with Gasteiger partial charge in [-0.25, -0.2) is 13.4 Å². The molecule has 0 saturated carbocycles. The van der Waals surface area contributed by atoms with Crippen LogP contribution in [0.3, 0.4) is 0 Å². The maximum absolute atomic E-state index is 12.3. The first-order chi connectivity index (χ1) is 8.48. The summed E-state index contributed by atoms with van der Waals surface area (Å²) in [6.45, 7) is 1.91. The normalized spacial score (nSPS) is 22.6. The van der Waals surface area contributed by atoms with E-state index in [-0.39, 0.29) is 23.1 Å². The molecule has 1 saturated heterocycles. The van der Waals surface area contributed by atoms with Gasteiger partial charge in [0, 0.05) is 0 Å². The van der Waals surface area contributed by atoms with Crippen LogP contribution in [-0.2, 0) is 9.84 Å². The zero-order valence-electron chi connectivity index (χ0n) is 9.79. The summed E-state index contributed by atoms with van der Waals surface area (Å²) in [6.07, 6.45) is 1.98. The molecule has 2 aromatic rings. The van der Waals surface area contributed by atoms with Crippen LogP contribution in [0.1, 0.15) is 18.0 Å². The summed E-state index contributed by atoms with van der Waals surface area (Å²) in [5, 5.41) is 1.90. The zero-order chi connectivity index (χ0) is 12.9. The lowest BCUT2D eigenvalue weighted by molar-refractivity contribution is 0.535. The van der Waals surface area contributed by atoms with Gasteiger partial charge in [-0.3, -0.25) is 9.36 Å². The first-order valence-electron chi connectivity index (χ1n) is 5.63. The highest BCUT2D eigenvalue weighted by Gasteiger charge is 2.30. The van der Waals surface area contributed by atoms with Gasteiger partial charge in [-0.05, 0) is 24.3 Å². The fraction of sp³-hybridized carbons (Fsp3) is 0.455. The van der Waals surface area contributed by atoms with E-state index in [1.165, 1.54) is 22.2 Å². The number of hydrogen-bond donors (Lipinski definition) is 0. The summed E-state index contributed by atoms with van der Waals surface area (Å²) in [5.41, 5.74) is 1.58. The average Bonchev–Trinajstić information content (AvgIpc) is 2.84. The Hall–Kier alpha value is -1.21. The van der Waals surface area contributed by atoms with Crippen LogP contribution in [0.5, 0.6) is 0 Å². The Labute approximate surface area is 108 Å². The largest absolute Gasteiger partial charge is 0.294 e. The number of aryl methyl sites for hydroxylation is 1. The van der Waals surface area contributed by atoms with Crippen LogP contribution in [-0.4, -0.2) is 29.5 Å². The molecule has 1 aliphatic rings. The lowest BCUT2D eigenvalue weighted by Gasteiger charge is -2.11. The Kier molecular flexibility index (Phi) is 2.56. The minimum Gasteiger partial charge on any atom is -0.294 e. The van der Waals surface area contributed by atoms with Crippen molar-refractivity contribution in [3.8, 4) is 0 Å². The molecule has 0 amide bonds. The first-order valence-corrected chi connectivity index (χ1v) is 8.33. The van der Waals surface area contributed by atoms with E-state index < -0.39 is 9.84 Å². The highest BCUT2D eigenvalue weighted by molar-refractivity contribution is 7.91. The highest BCUT2D eigenvalue weighted by Crippen LogP contribution is 2.24. The molecule has 18 heavy (non-hydrogen) atoms. The van der Waals surface area contributed by atoms with E-state index in [1.54, 1.807) is 0 Å². The number of thiophene rings is 1. The molecule has 1 aliphatic heterocycles. The number of aromatic nitrogens is 2. The van der Waals surface area contributed by atoms with E-state index in [0.29, 0.717) is 11.1 Å². The standard InChI is InChI=1S/C11H12N2O3S2/c1-7-4-17-10-9(7)12-6-13(11(10)14)8-2-3-18(15,16)5-8/h4,6,8H,2-3,5H2,1H3. The molecule has 7 heteroatoms. The lowest BCUT2D eigenvalue weighted by atomic mass is 10.2. The third-order valence-electron chi connectivity index (χ3n) is 3.28. The Balaban J connectivity index is 2.14. The van der Waals surface area contributed by atoms with E-state index in [1.807, 2.05) is 12.3 Å². The second kappa shape index (κ2) is 3.89. The molecule has 3 heterocycles. The van der Waals surface area contributed by atoms with Gasteiger partial charge >= 0.3 is 0 Å². The summed E-state index contributed by atoms with van der Waals surface area (Å²) in [7, 11) is -2.99. The van der Waals surface area contributed by atoms with Crippen LogP contribution in [0.4, 0.5) is 0 Å². The number of fused-ring (bicyclic) bond motifs is 1. The Morgan fingerprint density at radius 2 is 2.28 bits per heavy atom. The van der Waals surface area contributed by atoms with Crippen molar-refractivity contribution in [1.82, 2.24) is 9.55 Å². The smallest absolute Gasteiger partial charge is 0.271 e. The lowest BCUT2D eigenvalue weighted by Crippen LogP contribution is -2.25. The van der Waals surface area contributed by atoms with Crippen molar-refractivity contribution in [2.24, 2.45) is 0 Å². The van der Waals surface area contributed by atoms with Crippen LogP contribution in [0.2, 0.25) is 0 Å². The molecule has 2 aromatic heterocycles. The monoisotopic (exact) mass is 284 g/mol. The molecule has 0 aliphatic carbocycles. The molecule has 0 N–H and O–H groups in total. The van der Waals surface area contributed by atoms with Crippen molar-refractivity contribution in [2.45, 2.75) is 19.4 Å². The van der Waals surface area contributed by atoms with E-state index in [9.17, 15) is 13.2 Å². The van der Waals surface area contributed by atoms with Gasteiger partial charge < -0.3 is 0 Å². The van der Waals surface area contributed by atoms with E-state index in [4.69, 9.17) is 0 Å². The molecule has 0 bridgehead atoms.